The van der Waals surface area contributed by atoms with E-state index in [9.17, 15) is 0 Å². The van der Waals surface area contributed by atoms with Crippen molar-refractivity contribution in [3.8, 4) is 0 Å². The zero-order valence-corrected chi connectivity index (χ0v) is 7.59. The highest BCUT2D eigenvalue weighted by atomic mass is 16.7. The largest absolute Gasteiger partial charge is 0.313 e. The van der Waals surface area contributed by atoms with Gasteiger partial charge in [-0.05, 0) is 25.8 Å². The first-order valence-corrected chi connectivity index (χ1v) is 5.06. The fraction of sp³-hybridized carbons (Fsp3) is 1.00. The molecule has 2 aliphatic heterocycles. The topological polar surface area (TPSA) is 24.5 Å². The summed E-state index contributed by atoms with van der Waals surface area (Å²) >= 11 is 0. The lowest BCUT2D eigenvalue weighted by molar-refractivity contribution is -0.115. The highest BCUT2D eigenvalue weighted by Gasteiger charge is 2.19. The predicted molar refractivity (Wildman–Crippen MR) is 47.8 cm³/mol. The number of hydrogen-bond donors (Lipinski definition) is 1. The van der Waals surface area contributed by atoms with E-state index in [0.717, 1.165) is 19.7 Å². The molecule has 0 aromatic rings. The standard InChI is InChI=1S/C9H18N2O/c1-2-5-10-9(4-1)8-11-6-3-7-12-11/h9-10H,1-8H2. The van der Waals surface area contributed by atoms with Crippen LogP contribution in [-0.2, 0) is 4.84 Å². The second-order valence-corrected chi connectivity index (χ2v) is 3.72. The summed E-state index contributed by atoms with van der Waals surface area (Å²) in [5, 5.41) is 5.64. The first kappa shape index (κ1) is 8.48. The third-order valence-corrected chi connectivity index (χ3v) is 2.66. The number of rotatable bonds is 2. The molecule has 1 unspecified atom stereocenters. The van der Waals surface area contributed by atoms with Crippen molar-refractivity contribution in [1.82, 2.24) is 10.4 Å². The molecule has 1 N–H and O–H groups in total. The normalized spacial score (nSPS) is 32.5. The summed E-state index contributed by atoms with van der Waals surface area (Å²) in [6.45, 7) is 4.32. The van der Waals surface area contributed by atoms with Gasteiger partial charge in [-0.3, -0.25) is 4.84 Å². The zero-order valence-electron chi connectivity index (χ0n) is 7.59. The van der Waals surface area contributed by atoms with Crippen LogP contribution in [0.25, 0.3) is 0 Å². The van der Waals surface area contributed by atoms with Crippen LogP contribution in [0.3, 0.4) is 0 Å². The Bertz CT molecular complexity index is 128. The van der Waals surface area contributed by atoms with Gasteiger partial charge in [-0.15, -0.1) is 0 Å². The monoisotopic (exact) mass is 170 g/mol. The van der Waals surface area contributed by atoms with Crippen LogP contribution in [0.5, 0.6) is 0 Å². The minimum Gasteiger partial charge on any atom is -0.313 e. The third kappa shape index (κ3) is 2.19. The summed E-state index contributed by atoms with van der Waals surface area (Å²) in [6, 6.07) is 0.678. The summed E-state index contributed by atoms with van der Waals surface area (Å²) < 4.78 is 0. The van der Waals surface area contributed by atoms with E-state index in [1.807, 2.05) is 0 Å². The molecule has 3 heteroatoms. The lowest BCUT2D eigenvalue weighted by atomic mass is 10.1. The lowest BCUT2D eigenvalue weighted by Gasteiger charge is -2.26. The molecule has 3 nitrogen and oxygen atoms in total. The third-order valence-electron chi connectivity index (χ3n) is 2.66. The van der Waals surface area contributed by atoms with E-state index in [2.05, 4.69) is 10.4 Å². The van der Waals surface area contributed by atoms with Gasteiger partial charge < -0.3 is 5.32 Å². The molecular formula is C9H18N2O. The summed E-state index contributed by atoms with van der Waals surface area (Å²) in [7, 11) is 0. The molecule has 1 atom stereocenters. The number of piperidine rings is 1. The Morgan fingerprint density at radius 2 is 2.33 bits per heavy atom. The molecule has 2 heterocycles. The Hall–Kier alpha value is -0.120. The highest BCUT2D eigenvalue weighted by molar-refractivity contribution is 4.74. The quantitative estimate of drug-likeness (QED) is 0.662. The maximum Gasteiger partial charge on any atom is 0.0698 e. The van der Waals surface area contributed by atoms with Gasteiger partial charge >= 0.3 is 0 Å². The number of hydroxylamine groups is 2. The van der Waals surface area contributed by atoms with Crippen molar-refractivity contribution in [2.24, 2.45) is 0 Å². The lowest BCUT2D eigenvalue weighted by Crippen LogP contribution is -2.42. The second kappa shape index (κ2) is 4.21. The maximum atomic E-state index is 5.45. The van der Waals surface area contributed by atoms with E-state index in [1.54, 1.807) is 0 Å². The fourth-order valence-electron chi connectivity index (χ4n) is 1.97. The van der Waals surface area contributed by atoms with Crippen LogP contribution >= 0.6 is 0 Å². The van der Waals surface area contributed by atoms with Gasteiger partial charge in [0.25, 0.3) is 0 Å². The van der Waals surface area contributed by atoms with Crippen LogP contribution in [0.15, 0.2) is 0 Å². The molecule has 12 heavy (non-hydrogen) atoms. The Kier molecular flexibility index (Phi) is 2.98. The summed E-state index contributed by atoms with van der Waals surface area (Å²) in [6.07, 6.45) is 5.25. The molecule has 2 rings (SSSR count). The van der Waals surface area contributed by atoms with Crippen molar-refractivity contribution >= 4 is 0 Å². The van der Waals surface area contributed by atoms with Gasteiger partial charge in [-0.2, -0.15) is 5.06 Å². The first-order valence-electron chi connectivity index (χ1n) is 5.06. The summed E-state index contributed by atoms with van der Waals surface area (Å²) in [4.78, 5) is 5.45. The SMILES string of the molecule is C1CCC(CN2CCCO2)NC1. The molecule has 0 spiro atoms. The molecule has 0 bridgehead atoms. The minimum atomic E-state index is 0.678. The zero-order chi connectivity index (χ0) is 8.23. The summed E-state index contributed by atoms with van der Waals surface area (Å²) in [5.41, 5.74) is 0. The molecule has 0 aromatic carbocycles. The molecule has 2 fully saturated rings. The van der Waals surface area contributed by atoms with Crippen molar-refractivity contribution in [3.05, 3.63) is 0 Å². The van der Waals surface area contributed by atoms with Crippen LogP contribution in [0, 0.1) is 0 Å². The van der Waals surface area contributed by atoms with E-state index in [0.29, 0.717) is 6.04 Å². The fourth-order valence-corrected chi connectivity index (χ4v) is 1.97. The van der Waals surface area contributed by atoms with Crippen LogP contribution in [-0.4, -0.2) is 37.3 Å². The van der Waals surface area contributed by atoms with E-state index in [1.165, 1.54) is 32.2 Å². The maximum absolute atomic E-state index is 5.45. The van der Waals surface area contributed by atoms with Crippen molar-refractivity contribution < 1.29 is 4.84 Å². The van der Waals surface area contributed by atoms with Gasteiger partial charge in [0.05, 0.1) is 6.61 Å². The van der Waals surface area contributed by atoms with E-state index >= 15 is 0 Å². The Balaban J connectivity index is 1.69. The van der Waals surface area contributed by atoms with Gasteiger partial charge in [0.2, 0.25) is 0 Å². The smallest absolute Gasteiger partial charge is 0.0698 e. The Morgan fingerprint density at radius 3 is 3.00 bits per heavy atom. The molecule has 2 saturated heterocycles. The highest BCUT2D eigenvalue weighted by Crippen LogP contribution is 2.11. The molecule has 70 valence electrons. The molecule has 0 aliphatic carbocycles. The Labute approximate surface area is 74.0 Å². The van der Waals surface area contributed by atoms with Crippen molar-refractivity contribution in [1.29, 1.82) is 0 Å². The van der Waals surface area contributed by atoms with Crippen LogP contribution in [0.1, 0.15) is 25.7 Å². The van der Waals surface area contributed by atoms with Gasteiger partial charge in [0, 0.05) is 19.1 Å². The second-order valence-electron chi connectivity index (χ2n) is 3.72. The molecule has 2 aliphatic rings. The van der Waals surface area contributed by atoms with Crippen LogP contribution in [0.2, 0.25) is 0 Å². The van der Waals surface area contributed by atoms with E-state index in [-0.39, 0.29) is 0 Å². The Morgan fingerprint density at radius 1 is 1.33 bits per heavy atom. The summed E-state index contributed by atoms with van der Waals surface area (Å²) in [5.74, 6) is 0. The molecule has 0 amide bonds. The number of hydrogen-bond acceptors (Lipinski definition) is 3. The predicted octanol–water partition coefficient (Wildman–Crippen LogP) is 0.766. The molecule has 0 radical (unpaired) electrons. The van der Waals surface area contributed by atoms with E-state index in [4.69, 9.17) is 4.84 Å². The van der Waals surface area contributed by atoms with E-state index < -0.39 is 0 Å². The average Bonchev–Trinajstić information content (AvgIpc) is 2.59. The van der Waals surface area contributed by atoms with Gasteiger partial charge in [-0.25, -0.2) is 0 Å². The van der Waals surface area contributed by atoms with Crippen molar-refractivity contribution in [3.63, 3.8) is 0 Å². The van der Waals surface area contributed by atoms with Crippen LogP contribution in [0.4, 0.5) is 0 Å². The number of nitrogens with one attached hydrogen (secondary N) is 1. The first-order chi connectivity index (χ1) is 5.95. The molecular weight excluding hydrogens is 152 g/mol. The van der Waals surface area contributed by atoms with Crippen molar-refractivity contribution in [2.75, 3.05) is 26.2 Å². The average molecular weight is 170 g/mol. The van der Waals surface area contributed by atoms with Gasteiger partial charge in [0.15, 0.2) is 0 Å². The van der Waals surface area contributed by atoms with Crippen LogP contribution < -0.4 is 5.32 Å². The molecule has 0 aromatic heterocycles. The molecule has 0 saturated carbocycles. The van der Waals surface area contributed by atoms with Crippen molar-refractivity contribution in [2.45, 2.75) is 31.7 Å². The number of nitrogens with zero attached hydrogens (tertiary/aromatic N) is 1. The van der Waals surface area contributed by atoms with Gasteiger partial charge in [-0.1, -0.05) is 6.42 Å². The minimum absolute atomic E-state index is 0.678. The van der Waals surface area contributed by atoms with Gasteiger partial charge in [0.1, 0.15) is 0 Å².